The largest absolute Gasteiger partial charge is 0.411 e. The highest BCUT2D eigenvalue weighted by atomic mass is 32.2. The van der Waals surface area contributed by atoms with Gasteiger partial charge in [0, 0.05) is 0 Å². The normalized spacial score (nSPS) is 15.8. The predicted octanol–water partition coefficient (Wildman–Crippen LogP) is 1.72. The minimum atomic E-state index is -3.59. The highest BCUT2D eigenvalue weighted by Gasteiger charge is 2.39. The molecule has 0 amide bonds. The lowest BCUT2D eigenvalue weighted by Crippen LogP contribution is -2.45. The van der Waals surface area contributed by atoms with Crippen molar-refractivity contribution in [2.75, 3.05) is 25.7 Å². The molecular formula is C12H28O7S2Si. The lowest BCUT2D eigenvalue weighted by atomic mass is 10.2. The van der Waals surface area contributed by atoms with Crippen LogP contribution in [0.5, 0.6) is 0 Å². The maximum atomic E-state index is 11.1. The van der Waals surface area contributed by atoms with Crippen molar-refractivity contribution < 1.29 is 29.6 Å². The second kappa shape index (κ2) is 7.71. The Morgan fingerprint density at radius 1 is 0.955 bits per heavy atom. The fourth-order valence-corrected chi connectivity index (χ4v) is 3.47. The topological polar surface area (TPSA) is 96.0 Å². The zero-order valence-electron chi connectivity index (χ0n) is 14.4. The predicted molar refractivity (Wildman–Crippen MR) is 88.3 cm³/mol. The van der Waals surface area contributed by atoms with Gasteiger partial charge in [-0.2, -0.15) is 16.8 Å². The molecule has 0 spiro atoms. The molecule has 0 aromatic carbocycles. The molecule has 0 aromatic rings. The van der Waals surface area contributed by atoms with Crippen LogP contribution in [0.15, 0.2) is 0 Å². The Morgan fingerprint density at radius 3 is 1.77 bits per heavy atom. The van der Waals surface area contributed by atoms with Gasteiger partial charge < -0.3 is 4.43 Å². The van der Waals surface area contributed by atoms with Gasteiger partial charge in [-0.1, -0.05) is 20.8 Å². The Kier molecular flexibility index (Phi) is 7.71. The molecule has 0 unspecified atom stereocenters. The monoisotopic (exact) mass is 376 g/mol. The van der Waals surface area contributed by atoms with E-state index in [1.165, 1.54) is 0 Å². The van der Waals surface area contributed by atoms with Crippen LogP contribution >= 0.6 is 0 Å². The first-order chi connectivity index (χ1) is 9.54. The van der Waals surface area contributed by atoms with E-state index in [4.69, 9.17) is 12.8 Å². The van der Waals surface area contributed by atoms with E-state index in [1.807, 2.05) is 13.1 Å². The molecule has 22 heavy (non-hydrogen) atoms. The van der Waals surface area contributed by atoms with E-state index in [0.717, 1.165) is 12.5 Å². The van der Waals surface area contributed by atoms with E-state index in [-0.39, 0.29) is 24.7 Å². The molecule has 134 valence electrons. The van der Waals surface area contributed by atoms with Crippen molar-refractivity contribution in [1.29, 1.82) is 0 Å². The van der Waals surface area contributed by atoms with Crippen molar-refractivity contribution in [3.63, 3.8) is 0 Å². The Bertz CT molecular complexity index is 547. The molecule has 0 aliphatic rings. The lowest BCUT2D eigenvalue weighted by molar-refractivity contribution is 0.0974. The third kappa shape index (κ3) is 9.90. The smallest absolute Gasteiger partial charge is 0.264 e. The quantitative estimate of drug-likeness (QED) is 0.446. The standard InChI is InChI=1S/C12H28O7S2Si/c1-12(2,3)22(6,7)19-11(10-18-21(5,15)16)8-9-17-20(4,13)14/h11H,8-10H2,1-7H3/t11-/m0/s1. The molecule has 0 aliphatic carbocycles. The summed E-state index contributed by atoms with van der Waals surface area (Å²) in [4.78, 5) is 0. The number of rotatable bonds is 9. The molecule has 0 radical (unpaired) electrons. The van der Waals surface area contributed by atoms with E-state index in [2.05, 4.69) is 20.8 Å². The first kappa shape index (κ1) is 22.0. The van der Waals surface area contributed by atoms with Crippen molar-refractivity contribution in [2.24, 2.45) is 0 Å². The van der Waals surface area contributed by atoms with Gasteiger partial charge in [-0.25, -0.2) is 0 Å². The van der Waals surface area contributed by atoms with Gasteiger partial charge in [0.1, 0.15) is 0 Å². The molecule has 0 saturated carbocycles. The van der Waals surface area contributed by atoms with E-state index < -0.39 is 34.7 Å². The summed E-state index contributed by atoms with van der Waals surface area (Å²) in [5.74, 6) is 0. The molecule has 0 saturated heterocycles. The maximum absolute atomic E-state index is 11.1. The number of hydrogen-bond donors (Lipinski definition) is 0. The van der Waals surface area contributed by atoms with Gasteiger partial charge in [0.2, 0.25) is 0 Å². The van der Waals surface area contributed by atoms with Crippen LogP contribution in [0.2, 0.25) is 18.1 Å². The fourth-order valence-electron chi connectivity index (χ4n) is 1.30. The van der Waals surface area contributed by atoms with Crippen LogP contribution < -0.4 is 0 Å². The molecule has 0 N–H and O–H groups in total. The summed E-state index contributed by atoms with van der Waals surface area (Å²) in [5.41, 5.74) is 0. The molecule has 0 heterocycles. The third-order valence-electron chi connectivity index (χ3n) is 3.47. The zero-order valence-corrected chi connectivity index (χ0v) is 17.0. The van der Waals surface area contributed by atoms with Crippen molar-refractivity contribution in [3.8, 4) is 0 Å². The summed E-state index contributed by atoms with van der Waals surface area (Å²) in [7, 11) is -9.27. The van der Waals surface area contributed by atoms with E-state index in [9.17, 15) is 16.8 Å². The van der Waals surface area contributed by atoms with Crippen molar-refractivity contribution >= 4 is 28.6 Å². The van der Waals surface area contributed by atoms with Crippen LogP contribution in [0.3, 0.4) is 0 Å². The second-order valence-corrected chi connectivity index (χ2v) is 14.8. The highest BCUT2D eigenvalue weighted by Crippen LogP contribution is 2.37. The molecule has 0 fully saturated rings. The molecule has 0 rings (SSSR count). The van der Waals surface area contributed by atoms with E-state index in [0.29, 0.717) is 0 Å². The minimum absolute atomic E-state index is 0.0615. The van der Waals surface area contributed by atoms with Gasteiger partial charge in [0.05, 0.1) is 31.8 Å². The Hall–Kier alpha value is -0.00312. The van der Waals surface area contributed by atoms with Gasteiger partial charge in [-0.3, -0.25) is 8.37 Å². The van der Waals surface area contributed by atoms with Gasteiger partial charge >= 0.3 is 0 Å². The van der Waals surface area contributed by atoms with Crippen LogP contribution in [0, 0.1) is 0 Å². The minimum Gasteiger partial charge on any atom is -0.411 e. The van der Waals surface area contributed by atoms with Gasteiger partial charge in [0.15, 0.2) is 8.32 Å². The molecule has 7 nitrogen and oxygen atoms in total. The first-order valence-corrected chi connectivity index (χ1v) is 13.4. The Balaban J connectivity index is 4.86. The lowest BCUT2D eigenvalue weighted by Gasteiger charge is -2.39. The van der Waals surface area contributed by atoms with Crippen molar-refractivity contribution in [1.82, 2.24) is 0 Å². The Morgan fingerprint density at radius 2 is 1.41 bits per heavy atom. The molecule has 0 bridgehead atoms. The molecule has 10 heteroatoms. The van der Waals surface area contributed by atoms with Crippen molar-refractivity contribution in [2.45, 2.75) is 51.4 Å². The van der Waals surface area contributed by atoms with E-state index in [1.54, 1.807) is 0 Å². The maximum Gasteiger partial charge on any atom is 0.264 e. The summed E-state index contributed by atoms with van der Waals surface area (Å²) >= 11 is 0. The zero-order chi connectivity index (χ0) is 17.8. The van der Waals surface area contributed by atoms with Crippen molar-refractivity contribution in [3.05, 3.63) is 0 Å². The average molecular weight is 377 g/mol. The van der Waals surface area contributed by atoms with Crippen LogP contribution in [0.25, 0.3) is 0 Å². The van der Waals surface area contributed by atoms with Crippen LogP contribution in [0.4, 0.5) is 0 Å². The van der Waals surface area contributed by atoms with Gasteiger partial charge in [-0.05, 0) is 24.6 Å². The summed E-state index contributed by atoms with van der Waals surface area (Å²) < 4.78 is 59.8. The third-order valence-corrected chi connectivity index (χ3v) is 9.17. The summed E-state index contributed by atoms with van der Waals surface area (Å²) in [6.07, 6.45) is 1.61. The van der Waals surface area contributed by atoms with Crippen LogP contribution in [-0.4, -0.2) is 57.0 Å². The fraction of sp³-hybridized carbons (Fsp3) is 1.00. The van der Waals surface area contributed by atoms with E-state index >= 15 is 0 Å². The average Bonchev–Trinajstić information content (AvgIpc) is 2.20. The Labute approximate surface area is 135 Å². The molecule has 1 atom stereocenters. The number of hydrogen-bond acceptors (Lipinski definition) is 7. The van der Waals surface area contributed by atoms with Gasteiger partial charge in [0.25, 0.3) is 20.2 Å². The molecule has 0 aromatic heterocycles. The van der Waals surface area contributed by atoms with Crippen LogP contribution in [0.1, 0.15) is 27.2 Å². The molecular weight excluding hydrogens is 348 g/mol. The summed E-state index contributed by atoms with van der Waals surface area (Å²) in [6.45, 7) is 9.99. The first-order valence-electron chi connectivity index (χ1n) is 6.90. The summed E-state index contributed by atoms with van der Waals surface area (Å²) in [5, 5.41) is -0.0615. The highest BCUT2D eigenvalue weighted by molar-refractivity contribution is 7.86. The SMILES string of the molecule is CC(C)(C)[Si](C)(C)O[C@@H](CCOS(C)(=O)=O)COS(C)(=O)=O. The second-order valence-electron chi connectivity index (χ2n) is 6.80. The summed E-state index contributed by atoms with van der Waals surface area (Å²) in [6, 6.07) is 0. The molecule has 0 aliphatic heterocycles. The van der Waals surface area contributed by atoms with Crippen LogP contribution in [-0.2, 0) is 33.0 Å². The van der Waals surface area contributed by atoms with Gasteiger partial charge in [-0.15, -0.1) is 0 Å².